The lowest BCUT2D eigenvalue weighted by Crippen LogP contribution is -2.32. The molecule has 0 aliphatic rings. The molecule has 0 saturated heterocycles. The van der Waals surface area contributed by atoms with E-state index in [4.69, 9.17) is 10.8 Å². The molecule has 1 aromatic carbocycles. The van der Waals surface area contributed by atoms with Crippen molar-refractivity contribution in [1.29, 1.82) is 0 Å². The molecule has 0 bridgehead atoms. The number of halogens is 1. The van der Waals surface area contributed by atoms with Crippen LogP contribution < -0.4 is 10.5 Å². The lowest BCUT2D eigenvalue weighted by Gasteiger charge is -2.11. The third-order valence-corrected chi connectivity index (χ3v) is 3.72. The summed E-state index contributed by atoms with van der Waals surface area (Å²) in [5.74, 6) is -2.16. The second-order valence-electron chi connectivity index (χ2n) is 3.36. The van der Waals surface area contributed by atoms with E-state index in [-0.39, 0.29) is 11.4 Å². The summed E-state index contributed by atoms with van der Waals surface area (Å²) >= 11 is 0. The Kier molecular flexibility index (Phi) is 3.56. The fraction of sp³-hybridized carbons (Fsp3) is 0.222. The summed E-state index contributed by atoms with van der Waals surface area (Å²) in [6.45, 7) is 1.03. The van der Waals surface area contributed by atoms with Gasteiger partial charge < -0.3 is 10.8 Å². The summed E-state index contributed by atoms with van der Waals surface area (Å²) < 4.78 is 37.9. The summed E-state index contributed by atoms with van der Waals surface area (Å²) in [6.07, 6.45) is 0. The molecule has 0 amide bonds. The first-order valence-electron chi connectivity index (χ1n) is 4.53. The molecule has 0 aliphatic heterocycles. The van der Waals surface area contributed by atoms with Gasteiger partial charge in [-0.05, 0) is 25.1 Å². The van der Waals surface area contributed by atoms with E-state index in [2.05, 4.69) is 0 Å². The Bertz CT molecular complexity index is 544. The van der Waals surface area contributed by atoms with Gasteiger partial charge in [-0.15, -0.1) is 0 Å². The second-order valence-corrected chi connectivity index (χ2v) is 5.37. The van der Waals surface area contributed by atoms with E-state index in [9.17, 15) is 17.6 Å². The van der Waals surface area contributed by atoms with Gasteiger partial charge in [-0.25, -0.2) is 12.8 Å². The molecule has 0 saturated carbocycles. The maximum atomic E-state index is 12.8. The van der Waals surface area contributed by atoms with Gasteiger partial charge in [-0.2, -0.15) is 0 Å². The minimum Gasteiger partial charge on any atom is -0.480 e. The van der Waals surface area contributed by atoms with Crippen LogP contribution in [-0.4, -0.2) is 24.7 Å². The minimum atomic E-state index is -4.07. The molecule has 0 aromatic heterocycles. The Balaban J connectivity index is 2.98. The van der Waals surface area contributed by atoms with Gasteiger partial charge in [0.25, 0.3) is 0 Å². The number of rotatable bonds is 4. The zero-order chi connectivity index (χ0) is 13.2. The number of aliphatic carboxylic acids is 1. The zero-order valence-corrected chi connectivity index (χ0v) is 9.66. The SMILES string of the molecule is CC(C(=O)O)S(=O)(=O)Nc1ccc(F)c(N)c1. The highest BCUT2D eigenvalue weighted by atomic mass is 32.2. The molecule has 8 heteroatoms. The van der Waals surface area contributed by atoms with Gasteiger partial charge >= 0.3 is 5.97 Å². The van der Waals surface area contributed by atoms with Crippen LogP contribution >= 0.6 is 0 Å². The smallest absolute Gasteiger partial charge is 0.323 e. The fourth-order valence-corrected chi connectivity index (χ4v) is 1.89. The molecule has 1 rings (SSSR count). The van der Waals surface area contributed by atoms with E-state index in [1.54, 1.807) is 0 Å². The first kappa shape index (κ1) is 13.2. The third kappa shape index (κ3) is 3.06. The number of nitrogens with two attached hydrogens (primary N) is 1. The van der Waals surface area contributed by atoms with E-state index >= 15 is 0 Å². The van der Waals surface area contributed by atoms with Crippen molar-refractivity contribution in [3.8, 4) is 0 Å². The Morgan fingerprint density at radius 2 is 2.12 bits per heavy atom. The minimum absolute atomic E-state index is 0.0111. The summed E-state index contributed by atoms with van der Waals surface area (Å²) in [7, 11) is -4.07. The maximum absolute atomic E-state index is 12.8. The van der Waals surface area contributed by atoms with E-state index in [0.717, 1.165) is 25.1 Å². The standard InChI is InChI=1S/C9H11FN2O4S/c1-5(9(13)14)17(15,16)12-6-2-3-7(10)8(11)4-6/h2-5,12H,11H2,1H3,(H,13,14). The monoisotopic (exact) mass is 262 g/mol. The maximum Gasteiger partial charge on any atom is 0.323 e. The number of hydrogen-bond acceptors (Lipinski definition) is 4. The average molecular weight is 262 g/mol. The molecule has 0 heterocycles. The molecule has 0 fully saturated rings. The molecule has 17 heavy (non-hydrogen) atoms. The molecule has 94 valence electrons. The van der Waals surface area contributed by atoms with Gasteiger partial charge in [-0.1, -0.05) is 0 Å². The quantitative estimate of drug-likeness (QED) is 0.689. The van der Waals surface area contributed by atoms with Gasteiger partial charge in [-0.3, -0.25) is 9.52 Å². The molecule has 1 unspecified atom stereocenters. The number of benzene rings is 1. The molecular weight excluding hydrogens is 251 g/mol. The average Bonchev–Trinajstić information content (AvgIpc) is 2.22. The molecule has 0 aliphatic carbocycles. The first-order valence-corrected chi connectivity index (χ1v) is 6.08. The van der Waals surface area contributed by atoms with Gasteiger partial charge in [0.1, 0.15) is 5.82 Å². The van der Waals surface area contributed by atoms with Crippen LogP contribution in [-0.2, 0) is 14.8 Å². The highest BCUT2D eigenvalue weighted by Crippen LogP contribution is 2.18. The van der Waals surface area contributed by atoms with Crippen LogP contribution in [0.2, 0.25) is 0 Å². The highest BCUT2D eigenvalue weighted by molar-refractivity contribution is 7.94. The molecule has 6 nitrogen and oxygen atoms in total. The lowest BCUT2D eigenvalue weighted by atomic mass is 10.3. The Hall–Kier alpha value is -1.83. The van der Waals surface area contributed by atoms with Crippen molar-refractivity contribution in [3.63, 3.8) is 0 Å². The van der Waals surface area contributed by atoms with Crippen LogP contribution in [0.4, 0.5) is 15.8 Å². The van der Waals surface area contributed by atoms with E-state index in [0.29, 0.717) is 0 Å². The first-order chi connectivity index (χ1) is 7.74. The number of carboxylic acids is 1. The second kappa shape index (κ2) is 4.58. The van der Waals surface area contributed by atoms with E-state index in [1.165, 1.54) is 0 Å². The summed E-state index contributed by atoms with van der Waals surface area (Å²) in [4.78, 5) is 10.6. The summed E-state index contributed by atoms with van der Waals surface area (Å²) in [6, 6.07) is 3.21. The normalized spacial score (nSPS) is 13.1. The van der Waals surface area contributed by atoms with Crippen molar-refractivity contribution >= 4 is 27.4 Å². The van der Waals surface area contributed by atoms with Crippen molar-refractivity contribution < 1.29 is 22.7 Å². The van der Waals surface area contributed by atoms with Crippen LogP contribution in [0.25, 0.3) is 0 Å². The summed E-state index contributed by atoms with van der Waals surface area (Å²) in [5.41, 5.74) is 5.03. The third-order valence-electron chi connectivity index (χ3n) is 2.07. The van der Waals surface area contributed by atoms with Crippen LogP contribution in [0.3, 0.4) is 0 Å². The summed E-state index contributed by atoms with van der Waals surface area (Å²) in [5, 5.41) is 6.97. The zero-order valence-electron chi connectivity index (χ0n) is 8.84. The number of anilines is 2. The lowest BCUT2D eigenvalue weighted by molar-refractivity contribution is -0.136. The molecule has 4 N–H and O–H groups in total. The molecular formula is C9H11FN2O4S. The van der Waals surface area contributed by atoms with Gasteiger partial charge in [0.15, 0.2) is 5.25 Å². The number of sulfonamides is 1. The van der Waals surface area contributed by atoms with Gasteiger partial charge in [0.2, 0.25) is 10.0 Å². The Morgan fingerprint density at radius 1 is 1.53 bits per heavy atom. The predicted molar refractivity (Wildman–Crippen MR) is 60.5 cm³/mol. The van der Waals surface area contributed by atoms with Gasteiger partial charge in [0, 0.05) is 0 Å². The molecule has 1 aromatic rings. The number of nitrogen functional groups attached to an aromatic ring is 1. The van der Waals surface area contributed by atoms with E-state index < -0.39 is 27.1 Å². The Morgan fingerprint density at radius 3 is 2.59 bits per heavy atom. The Labute approximate surface area is 97.3 Å². The number of nitrogens with one attached hydrogen (secondary N) is 1. The van der Waals surface area contributed by atoms with Crippen LogP contribution in [0.1, 0.15) is 6.92 Å². The molecule has 0 radical (unpaired) electrons. The topological polar surface area (TPSA) is 109 Å². The number of carbonyl (C=O) groups is 1. The molecule has 0 spiro atoms. The van der Waals surface area contributed by atoms with Crippen molar-refractivity contribution in [1.82, 2.24) is 0 Å². The molecule has 1 atom stereocenters. The number of hydrogen-bond donors (Lipinski definition) is 3. The highest BCUT2D eigenvalue weighted by Gasteiger charge is 2.27. The fourth-order valence-electron chi connectivity index (χ4n) is 0.993. The van der Waals surface area contributed by atoms with Crippen molar-refractivity contribution in [3.05, 3.63) is 24.0 Å². The van der Waals surface area contributed by atoms with Crippen LogP contribution in [0.5, 0.6) is 0 Å². The predicted octanol–water partition coefficient (Wildman–Crippen LogP) is 0.623. The largest absolute Gasteiger partial charge is 0.480 e. The van der Waals surface area contributed by atoms with Gasteiger partial charge in [0.05, 0.1) is 11.4 Å². The van der Waals surface area contributed by atoms with Crippen molar-refractivity contribution in [2.45, 2.75) is 12.2 Å². The number of carboxylic acid groups (broad SMARTS) is 1. The van der Waals surface area contributed by atoms with Crippen molar-refractivity contribution in [2.24, 2.45) is 0 Å². The van der Waals surface area contributed by atoms with Crippen LogP contribution in [0, 0.1) is 5.82 Å². The van der Waals surface area contributed by atoms with Crippen molar-refractivity contribution in [2.75, 3.05) is 10.5 Å². The van der Waals surface area contributed by atoms with E-state index in [1.807, 2.05) is 4.72 Å². The van der Waals surface area contributed by atoms with Crippen LogP contribution in [0.15, 0.2) is 18.2 Å².